The van der Waals surface area contributed by atoms with Crippen molar-refractivity contribution >= 4 is 41.2 Å². The third-order valence-electron chi connectivity index (χ3n) is 5.27. The van der Waals surface area contributed by atoms with Crippen LogP contribution in [0.1, 0.15) is 31.7 Å². The SMILES string of the molecule is CCCCCNC(=O)CSc1nc(Cl)cc(N2CCN(C/C=C/c3ccccc3)CC2)n1. The quantitative estimate of drug-likeness (QED) is 0.226. The van der Waals surface area contributed by atoms with Crippen LogP contribution in [0.4, 0.5) is 5.82 Å². The molecule has 1 fully saturated rings. The second-order valence-corrected chi connectivity index (χ2v) is 9.11. The molecule has 0 bridgehead atoms. The minimum Gasteiger partial charge on any atom is -0.355 e. The third-order valence-corrected chi connectivity index (χ3v) is 6.31. The molecule has 6 nitrogen and oxygen atoms in total. The Bertz CT molecular complexity index is 872. The van der Waals surface area contributed by atoms with E-state index in [-0.39, 0.29) is 5.91 Å². The molecule has 1 aromatic heterocycles. The van der Waals surface area contributed by atoms with Crippen LogP contribution >= 0.6 is 23.4 Å². The number of halogens is 1. The minimum absolute atomic E-state index is 0.00778. The van der Waals surface area contributed by atoms with Gasteiger partial charge < -0.3 is 10.2 Å². The van der Waals surface area contributed by atoms with E-state index >= 15 is 0 Å². The average molecular weight is 474 g/mol. The van der Waals surface area contributed by atoms with Crippen LogP contribution in [0.15, 0.2) is 47.6 Å². The molecule has 1 aliphatic heterocycles. The van der Waals surface area contributed by atoms with Gasteiger partial charge in [-0.1, -0.05) is 85.6 Å². The first-order chi connectivity index (χ1) is 15.6. The van der Waals surface area contributed by atoms with Crippen molar-refractivity contribution in [3.63, 3.8) is 0 Å². The molecule has 1 saturated heterocycles. The summed E-state index contributed by atoms with van der Waals surface area (Å²) >= 11 is 7.58. The van der Waals surface area contributed by atoms with E-state index in [1.54, 1.807) is 6.07 Å². The van der Waals surface area contributed by atoms with Gasteiger partial charge in [0.2, 0.25) is 5.91 Å². The second kappa shape index (κ2) is 13.5. The molecular weight excluding hydrogens is 442 g/mol. The molecule has 0 unspecified atom stereocenters. The lowest BCUT2D eigenvalue weighted by Crippen LogP contribution is -2.46. The highest BCUT2D eigenvalue weighted by Crippen LogP contribution is 2.22. The van der Waals surface area contributed by atoms with Gasteiger partial charge in [-0.25, -0.2) is 9.97 Å². The molecule has 0 radical (unpaired) electrons. The molecular formula is C24H32ClN5OS. The molecule has 0 atom stereocenters. The van der Waals surface area contributed by atoms with Crippen LogP contribution in [0.5, 0.6) is 0 Å². The first-order valence-electron chi connectivity index (χ1n) is 11.3. The van der Waals surface area contributed by atoms with Crippen LogP contribution in [-0.2, 0) is 4.79 Å². The number of benzene rings is 1. The number of rotatable bonds is 11. The summed E-state index contributed by atoms with van der Waals surface area (Å²) in [6, 6.07) is 12.2. The molecule has 3 rings (SSSR count). The molecule has 1 aliphatic rings. The number of carbonyl (C=O) groups is 1. The maximum absolute atomic E-state index is 12.0. The number of unbranched alkanes of at least 4 members (excludes halogenated alkanes) is 2. The van der Waals surface area contributed by atoms with Gasteiger partial charge in [0.25, 0.3) is 0 Å². The number of amides is 1. The largest absolute Gasteiger partial charge is 0.355 e. The normalized spacial score (nSPS) is 14.8. The highest BCUT2D eigenvalue weighted by Gasteiger charge is 2.19. The van der Waals surface area contributed by atoms with Crippen molar-refractivity contribution in [1.82, 2.24) is 20.2 Å². The Hall–Kier alpha value is -2.09. The van der Waals surface area contributed by atoms with E-state index in [9.17, 15) is 4.79 Å². The van der Waals surface area contributed by atoms with Gasteiger partial charge in [0, 0.05) is 45.3 Å². The Balaban J connectivity index is 1.45. The fourth-order valence-corrected chi connectivity index (χ4v) is 4.37. The summed E-state index contributed by atoms with van der Waals surface area (Å²) in [7, 11) is 0. The molecule has 32 heavy (non-hydrogen) atoms. The van der Waals surface area contributed by atoms with E-state index < -0.39 is 0 Å². The summed E-state index contributed by atoms with van der Waals surface area (Å²) in [6.07, 6.45) is 7.67. The number of aromatic nitrogens is 2. The van der Waals surface area contributed by atoms with Crippen LogP contribution in [0.25, 0.3) is 6.08 Å². The maximum atomic E-state index is 12.0. The molecule has 1 N–H and O–H groups in total. The summed E-state index contributed by atoms with van der Waals surface area (Å²) in [5.41, 5.74) is 1.22. The van der Waals surface area contributed by atoms with Gasteiger partial charge in [-0.2, -0.15) is 0 Å². The summed E-state index contributed by atoms with van der Waals surface area (Å²) < 4.78 is 0. The van der Waals surface area contributed by atoms with Gasteiger partial charge in [-0.3, -0.25) is 9.69 Å². The lowest BCUT2D eigenvalue weighted by molar-refractivity contribution is -0.118. The second-order valence-electron chi connectivity index (χ2n) is 7.78. The molecule has 0 aliphatic carbocycles. The van der Waals surface area contributed by atoms with Crippen LogP contribution in [0.2, 0.25) is 5.15 Å². The molecule has 2 aromatic rings. The Labute approximate surface area is 200 Å². The minimum atomic E-state index is 0.00778. The van der Waals surface area contributed by atoms with Gasteiger partial charge in [-0.15, -0.1) is 0 Å². The Morgan fingerprint density at radius 2 is 1.94 bits per heavy atom. The number of hydrogen-bond donors (Lipinski definition) is 1. The van der Waals surface area contributed by atoms with Crippen molar-refractivity contribution in [2.24, 2.45) is 0 Å². The molecule has 2 heterocycles. The number of nitrogens with one attached hydrogen (secondary N) is 1. The van der Waals surface area contributed by atoms with E-state index in [0.29, 0.717) is 16.1 Å². The maximum Gasteiger partial charge on any atom is 0.230 e. The summed E-state index contributed by atoms with van der Waals surface area (Å²) in [6.45, 7) is 7.49. The van der Waals surface area contributed by atoms with Gasteiger partial charge in [0.1, 0.15) is 11.0 Å². The summed E-state index contributed by atoms with van der Waals surface area (Å²) in [4.78, 5) is 25.6. The molecule has 1 aromatic carbocycles. The molecule has 0 spiro atoms. The predicted octanol–water partition coefficient (Wildman–Crippen LogP) is 4.36. The topological polar surface area (TPSA) is 61.4 Å². The van der Waals surface area contributed by atoms with Gasteiger partial charge in [0.15, 0.2) is 5.16 Å². The first-order valence-corrected chi connectivity index (χ1v) is 12.6. The zero-order valence-corrected chi connectivity index (χ0v) is 20.2. The van der Waals surface area contributed by atoms with Crippen LogP contribution in [0, 0.1) is 0 Å². The first kappa shape index (κ1) is 24.6. The van der Waals surface area contributed by atoms with Crippen LogP contribution in [0.3, 0.4) is 0 Å². The van der Waals surface area contributed by atoms with Crippen molar-refractivity contribution in [2.45, 2.75) is 31.3 Å². The van der Waals surface area contributed by atoms with Gasteiger partial charge >= 0.3 is 0 Å². The predicted molar refractivity (Wildman–Crippen MR) is 134 cm³/mol. The number of carbonyl (C=O) groups excluding carboxylic acids is 1. The van der Waals surface area contributed by atoms with E-state index in [2.05, 4.69) is 68.4 Å². The molecule has 1 amide bonds. The van der Waals surface area contributed by atoms with E-state index in [1.165, 1.54) is 17.3 Å². The zero-order valence-electron chi connectivity index (χ0n) is 18.7. The van der Waals surface area contributed by atoms with Crippen molar-refractivity contribution in [3.8, 4) is 0 Å². The zero-order chi connectivity index (χ0) is 22.6. The number of anilines is 1. The van der Waals surface area contributed by atoms with E-state index in [4.69, 9.17) is 11.6 Å². The monoisotopic (exact) mass is 473 g/mol. The number of thioether (sulfide) groups is 1. The number of nitrogens with zero attached hydrogens (tertiary/aromatic N) is 4. The summed E-state index contributed by atoms with van der Waals surface area (Å²) in [5.74, 6) is 1.14. The lowest BCUT2D eigenvalue weighted by atomic mass is 10.2. The van der Waals surface area contributed by atoms with Crippen molar-refractivity contribution in [1.29, 1.82) is 0 Å². The lowest BCUT2D eigenvalue weighted by Gasteiger charge is -2.35. The average Bonchev–Trinajstić information content (AvgIpc) is 2.81. The van der Waals surface area contributed by atoms with Crippen LogP contribution < -0.4 is 10.2 Å². The fraction of sp³-hybridized carbons (Fsp3) is 0.458. The standard InChI is InChI=1S/C24H32ClN5OS/c1-2-3-7-12-26-23(31)19-32-24-27-21(25)18-22(28-24)30-16-14-29(15-17-30)13-8-11-20-9-5-4-6-10-20/h4-6,8-11,18H,2-3,7,12-17,19H2,1H3,(H,26,31)/b11-8+. The molecule has 172 valence electrons. The van der Waals surface area contributed by atoms with Crippen molar-refractivity contribution < 1.29 is 4.79 Å². The van der Waals surface area contributed by atoms with Crippen molar-refractivity contribution in [3.05, 3.63) is 53.2 Å². The highest BCUT2D eigenvalue weighted by molar-refractivity contribution is 7.99. The van der Waals surface area contributed by atoms with Gasteiger partial charge in [0.05, 0.1) is 5.75 Å². The molecule has 0 saturated carbocycles. The Morgan fingerprint density at radius 3 is 2.69 bits per heavy atom. The van der Waals surface area contributed by atoms with Gasteiger partial charge in [-0.05, 0) is 12.0 Å². The number of hydrogen-bond acceptors (Lipinski definition) is 6. The smallest absolute Gasteiger partial charge is 0.230 e. The number of piperazine rings is 1. The van der Waals surface area contributed by atoms with Crippen molar-refractivity contribution in [2.75, 3.05) is 49.9 Å². The van der Waals surface area contributed by atoms with E-state index in [1.807, 2.05) is 6.07 Å². The third kappa shape index (κ3) is 8.45. The van der Waals surface area contributed by atoms with E-state index in [0.717, 1.165) is 64.3 Å². The Morgan fingerprint density at radius 1 is 1.16 bits per heavy atom. The van der Waals surface area contributed by atoms with Crippen LogP contribution in [-0.4, -0.2) is 65.8 Å². The summed E-state index contributed by atoms with van der Waals surface area (Å²) in [5, 5.41) is 3.90. The Kier molecular flexibility index (Phi) is 10.3. The fourth-order valence-electron chi connectivity index (χ4n) is 3.46. The molecule has 8 heteroatoms. The highest BCUT2D eigenvalue weighted by atomic mass is 35.5.